The number of methoxy groups -OCH3 is 1. The van der Waals surface area contributed by atoms with Gasteiger partial charge in [-0.15, -0.1) is 0 Å². The van der Waals surface area contributed by atoms with Gasteiger partial charge >= 0.3 is 6.18 Å². The van der Waals surface area contributed by atoms with Crippen LogP contribution in [-0.2, 0) is 15.7 Å². The number of anilines is 1. The smallest absolute Gasteiger partial charge is 0.416 e. The molecule has 1 rings (SSSR count). The maximum atomic E-state index is 12.9. The van der Waals surface area contributed by atoms with Crippen LogP contribution in [0.2, 0.25) is 0 Å². The Morgan fingerprint density at radius 3 is 2.56 bits per heavy atom. The number of benzene rings is 1. The molecular formula is C15H19F3N2O3S2. The summed E-state index contributed by atoms with van der Waals surface area (Å²) in [6, 6.07) is 2.91. The van der Waals surface area contributed by atoms with E-state index in [1.54, 1.807) is 19.0 Å². The second-order valence-electron chi connectivity index (χ2n) is 5.05. The summed E-state index contributed by atoms with van der Waals surface area (Å²) in [5, 5.41) is 2.44. The van der Waals surface area contributed by atoms with Gasteiger partial charge in [0.25, 0.3) is 0 Å². The van der Waals surface area contributed by atoms with Gasteiger partial charge < -0.3 is 19.7 Å². The molecule has 0 heterocycles. The molecule has 10 heteroatoms. The second-order valence-corrected chi connectivity index (χ2v) is 6.66. The number of nitrogens with one attached hydrogen (secondary N) is 1. The summed E-state index contributed by atoms with van der Waals surface area (Å²) in [6.45, 7) is 0.408. The lowest BCUT2D eigenvalue weighted by Gasteiger charge is -2.16. The molecule has 0 aliphatic carbocycles. The minimum atomic E-state index is -4.52. The van der Waals surface area contributed by atoms with Crippen molar-refractivity contribution < 1.29 is 27.4 Å². The number of ether oxygens (including phenoxy) is 2. The average Bonchev–Trinajstić information content (AvgIpc) is 2.53. The minimum absolute atomic E-state index is 0.0230. The van der Waals surface area contributed by atoms with E-state index in [0.717, 1.165) is 23.9 Å². The molecule has 5 nitrogen and oxygen atoms in total. The summed E-state index contributed by atoms with van der Waals surface area (Å²) in [6.07, 6.45) is -4.52. The highest BCUT2D eigenvalue weighted by molar-refractivity contribution is 8.23. The highest BCUT2D eigenvalue weighted by Crippen LogP contribution is 2.35. The zero-order valence-electron chi connectivity index (χ0n) is 14.0. The Kier molecular flexibility index (Phi) is 8.46. The van der Waals surface area contributed by atoms with Gasteiger partial charge in [0.2, 0.25) is 5.91 Å². The SMILES string of the molecule is COCCOc1ccc(C(F)(F)F)cc1NC(=O)CSC(=S)N(C)C. The number of thioether (sulfide) groups is 1. The van der Waals surface area contributed by atoms with Crippen LogP contribution in [0.3, 0.4) is 0 Å². The predicted molar refractivity (Wildman–Crippen MR) is 96.2 cm³/mol. The molecule has 1 amide bonds. The number of hydrogen-bond donors (Lipinski definition) is 1. The highest BCUT2D eigenvalue weighted by Gasteiger charge is 2.31. The molecule has 0 aliphatic heterocycles. The number of halogens is 3. The summed E-state index contributed by atoms with van der Waals surface area (Å²) in [5.74, 6) is -0.367. The second kappa shape index (κ2) is 9.83. The van der Waals surface area contributed by atoms with Gasteiger partial charge in [0.1, 0.15) is 16.7 Å². The lowest BCUT2D eigenvalue weighted by atomic mass is 10.1. The zero-order chi connectivity index (χ0) is 19.0. The number of carbonyl (C=O) groups is 1. The highest BCUT2D eigenvalue weighted by atomic mass is 32.2. The lowest BCUT2D eigenvalue weighted by molar-refractivity contribution is -0.137. The predicted octanol–water partition coefficient (Wildman–Crippen LogP) is 3.25. The molecule has 25 heavy (non-hydrogen) atoms. The number of thiocarbonyl (C=S) groups is 1. The summed E-state index contributed by atoms with van der Waals surface area (Å²) >= 11 is 6.16. The number of alkyl halides is 3. The largest absolute Gasteiger partial charge is 0.489 e. The Balaban J connectivity index is 2.88. The lowest BCUT2D eigenvalue weighted by Crippen LogP contribution is -2.21. The number of nitrogens with zero attached hydrogens (tertiary/aromatic N) is 1. The van der Waals surface area contributed by atoms with Crippen molar-refractivity contribution in [1.29, 1.82) is 0 Å². The molecule has 0 saturated heterocycles. The van der Waals surface area contributed by atoms with Crippen LogP contribution in [0, 0.1) is 0 Å². The van der Waals surface area contributed by atoms with E-state index in [9.17, 15) is 18.0 Å². The van der Waals surface area contributed by atoms with Crippen LogP contribution in [0.25, 0.3) is 0 Å². The topological polar surface area (TPSA) is 50.8 Å². The van der Waals surface area contributed by atoms with Crippen LogP contribution in [0.4, 0.5) is 18.9 Å². The van der Waals surface area contributed by atoms with Crippen molar-refractivity contribution in [3.8, 4) is 5.75 Å². The summed E-state index contributed by atoms with van der Waals surface area (Å²) < 4.78 is 49.4. The molecule has 0 aromatic heterocycles. The van der Waals surface area contributed by atoms with E-state index >= 15 is 0 Å². The van der Waals surface area contributed by atoms with E-state index in [1.165, 1.54) is 13.2 Å². The standard InChI is InChI=1S/C15H19F3N2O3S2/c1-20(2)14(24)25-9-13(21)19-11-8-10(15(16,17)18)4-5-12(11)23-7-6-22-3/h4-5,8H,6-7,9H2,1-3H3,(H,19,21). The van der Waals surface area contributed by atoms with Gasteiger partial charge in [-0.25, -0.2) is 0 Å². The van der Waals surface area contributed by atoms with Crippen LogP contribution in [0.1, 0.15) is 5.56 Å². The van der Waals surface area contributed by atoms with Gasteiger partial charge in [-0.1, -0.05) is 24.0 Å². The van der Waals surface area contributed by atoms with E-state index in [1.807, 2.05) is 0 Å². The molecule has 0 saturated carbocycles. The van der Waals surface area contributed by atoms with E-state index < -0.39 is 17.6 Å². The Hall–Kier alpha value is -1.52. The first-order valence-electron chi connectivity index (χ1n) is 7.12. The van der Waals surface area contributed by atoms with E-state index in [-0.39, 0.29) is 30.4 Å². The van der Waals surface area contributed by atoms with Gasteiger partial charge in [-0.05, 0) is 18.2 Å². The van der Waals surface area contributed by atoms with Crippen LogP contribution in [0.15, 0.2) is 18.2 Å². The van der Waals surface area contributed by atoms with Crippen molar-refractivity contribution in [3.05, 3.63) is 23.8 Å². The Labute approximate surface area is 153 Å². The first-order chi connectivity index (χ1) is 11.6. The monoisotopic (exact) mass is 396 g/mol. The Morgan fingerprint density at radius 1 is 1.32 bits per heavy atom. The Morgan fingerprint density at radius 2 is 2.00 bits per heavy atom. The minimum Gasteiger partial charge on any atom is -0.489 e. The van der Waals surface area contributed by atoms with Crippen molar-refractivity contribution in [2.75, 3.05) is 45.5 Å². The third-order valence-corrected chi connectivity index (χ3v) is 4.56. The van der Waals surface area contributed by atoms with Crippen molar-refractivity contribution in [3.63, 3.8) is 0 Å². The molecule has 1 aromatic rings. The molecule has 140 valence electrons. The summed E-state index contributed by atoms with van der Waals surface area (Å²) in [4.78, 5) is 13.7. The number of amides is 1. The molecule has 1 aromatic carbocycles. The number of hydrogen-bond acceptors (Lipinski definition) is 5. The van der Waals surface area contributed by atoms with Crippen LogP contribution < -0.4 is 10.1 Å². The van der Waals surface area contributed by atoms with Crippen molar-refractivity contribution >= 4 is 39.9 Å². The van der Waals surface area contributed by atoms with Gasteiger partial charge in [0.05, 0.1) is 23.6 Å². The molecule has 0 aliphatic rings. The maximum absolute atomic E-state index is 12.9. The summed E-state index contributed by atoms with van der Waals surface area (Å²) in [7, 11) is 4.95. The third-order valence-electron chi connectivity index (χ3n) is 2.82. The van der Waals surface area contributed by atoms with Crippen LogP contribution in [0.5, 0.6) is 5.75 Å². The molecule has 1 N–H and O–H groups in total. The molecule has 0 unspecified atom stereocenters. The first-order valence-corrected chi connectivity index (χ1v) is 8.51. The van der Waals surface area contributed by atoms with Crippen LogP contribution >= 0.6 is 24.0 Å². The van der Waals surface area contributed by atoms with E-state index in [2.05, 4.69) is 5.32 Å². The summed E-state index contributed by atoms with van der Waals surface area (Å²) in [5.41, 5.74) is -0.925. The van der Waals surface area contributed by atoms with Gasteiger partial charge in [0, 0.05) is 21.2 Å². The first kappa shape index (κ1) is 21.5. The fraction of sp³-hybridized carbons (Fsp3) is 0.467. The van der Waals surface area contributed by atoms with Crippen LogP contribution in [-0.4, -0.2) is 55.3 Å². The molecular weight excluding hydrogens is 377 g/mol. The van der Waals surface area contributed by atoms with Gasteiger partial charge in [-0.2, -0.15) is 13.2 Å². The van der Waals surface area contributed by atoms with Gasteiger partial charge in [0.15, 0.2) is 0 Å². The normalized spacial score (nSPS) is 11.1. The Bertz CT molecular complexity index is 610. The fourth-order valence-corrected chi connectivity index (χ4v) is 2.37. The fourth-order valence-electron chi connectivity index (χ4n) is 1.61. The molecule has 0 fully saturated rings. The van der Waals surface area contributed by atoms with E-state index in [4.69, 9.17) is 21.7 Å². The zero-order valence-corrected chi connectivity index (χ0v) is 15.6. The molecule has 0 atom stereocenters. The van der Waals surface area contributed by atoms with Crippen molar-refractivity contribution in [2.24, 2.45) is 0 Å². The maximum Gasteiger partial charge on any atom is 0.416 e. The molecule has 0 bridgehead atoms. The molecule has 0 spiro atoms. The van der Waals surface area contributed by atoms with Crippen molar-refractivity contribution in [1.82, 2.24) is 4.90 Å². The van der Waals surface area contributed by atoms with Gasteiger partial charge in [-0.3, -0.25) is 4.79 Å². The average molecular weight is 396 g/mol. The number of carbonyl (C=O) groups excluding carboxylic acids is 1. The quantitative estimate of drug-likeness (QED) is 0.564. The third kappa shape index (κ3) is 7.49. The molecule has 0 radical (unpaired) electrons. The number of rotatable bonds is 7. The van der Waals surface area contributed by atoms with Crippen molar-refractivity contribution in [2.45, 2.75) is 6.18 Å². The van der Waals surface area contributed by atoms with E-state index in [0.29, 0.717) is 4.32 Å².